The van der Waals surface area contributed by atoms with Crippen LogP contribution in [0.1, 0.15) is 18.1 Å². The Bertz CT molecular complexity index is 788. The van der Waals surface area contributed by atoms with Crippen molar-refractivity contribution >= 4 is 34.8 Å². The van der Waals surface area contributed by atoms with Gasteiger partial charge in [-0.3, -0.25) is 14.5 Å². The van der Waals surface area contributed by atoms with Crippen molar-refractivity contribution in [2.75, 3.05) is 10.2 Å². The van der Waals surface area contributed by atoms with Gasteiger partial charge in [-0.1, -0.05) is 35.9 Å². The van der Waals surface area contributed by atoms with Gasteiger partial charge >= 0.3 is 0 Å². The number of benzene rings is 2. The normalized spacial score (nSPS) is 16.1. The van der Waals surface area contributed by atoms with Gasteiger partial charge in [-0.2, -0.15) is 0 Å². The van der Waals surface area contributed by atoms with Crippen molar-refractivity contribution in [1.29, 1.82) is 0 Å². The molecule has 2 aromatic rings. The Balaban J connectivity index is 1.86. The van der Waals surface area contributed by atoms with Gasteiger partial charge in [0, 0.05) is 19.0 Å². The molecule has 0 saturated heterocycles. The molecule has 1 aliphatic heterocycles. The van der Waals surface area contributed by atoms with E-state index in [1.165, 1.54) is 6.92 Å². The summed E-state index contributed by atoms with van der Waals surface area (Å²) >= 11 is 6.17. The van der Waals surface area contributed by atoms with Gasteiger partial charge in [0.1, 0.15) is 6.04 Å². The first-order chi connectivity index (χ1) is 11.0. The van der Waals surface area contributed by atoms with E-state index < -0.39 is 6.04 Å². The van der Waals surface area contributed by atoms with Gasteiger partial charge < -0.3 is 5.32 Å². The van der Waals surface area contributed by atoms with Crippen LogP contribution >= 0.6 is 11.6 Å². The summed E-state index contributed by atoms with van der Waals surface area (Å²) in [5.41, 5.74) is 3.38. The van der Waals surface area contributed by atoms with Crippen molar-refractivity contribution in [2.24, 2.45) is 0 Å². The molecule has 0 saturated carbocycles. The molecule has 3 rings (SSSR count). The molecule has 118 valence electrons. The zero-order valence-electron chi connectivity index (χ0n) is 13.0. The van der Waals surface area contributed by atoms with Crippen LogP contribution in [0.15, 0.2) is 42.5 Å². The SMILES string of the molecule is CC(=O)N1c2ccccc2C[C@H]1C(=O)Nc1ccc(C)cc1Cl. The number of fused-ring (bicyclic) bond motifs is 1. The molecular weight excluding hydrogens is 312 g/mol. The van der Waals surface area contributed by atoms with E-state index in [4.69, 9.17) is 11.6 Å². The number of nitrogens with zero attached hydrogens (tertiary/aromatic N) is 1. The molecule has 0 radical (unpaired) electrons. The first-order valence-corrected chi connectivity index (χ1v) is 7.80. The Kier molecular flexibility index (Phi) is 4.09. The van der Waals surface area contributed by atoms with Crippen LogP contribution in [0, 0.1) is 6.92 Å². The minimum Gasteiger partial charge on any atom is -0.323 e. The third kappa shape index (κ3) is 2.94. The van der Waals surface area contributed by atoms with Crippen molar-refractivity contribution in [2.45, 2.75) is 26.3 Å². The summed E-state index contributed by atoms with van der Waals surface area (Å²) in [6.07, 6.45) is 0.505. The van der Waals surface area contributed by atoms with Gasteiger partial charge in [-0.05, 0) is 36.2 Å². The van der Waals surface area contributed by atoms with Crippen LogP contribution in [-0.2, 0) is 16.0 Å². The lowest BCUT2D eigenvalue weighted by Gasteiger charge is -2.23. The standard InChI is InChI=1S/C18H17ClN2O2/c1-11-7-8-15(14(19)9-11)20-18(23)17-10-13-5-3-4-6-16(13)21(17)12(2)22/h3-9,17H,10H2,1-2H3,(H,20,23)/t17-/m0/s1. The molecule has 1 heterocycles. The van der Waals surface area contributed by atoms with Gasteiger partial charge in [-0.15, -0.1) is 0 Å². The average Bonchev–Trinajstić information content (AvgIpc) is 2.89. The fourth-order valence-corrected chi connectivity index (χ4v) is 3.20. The predicted octanol–water partition coefficient (Wildman–Crippen LogP) is 3.56. The largest absolute Gasteiger partial charge is 0.323 e. The fourth-order valence-electron chi connectivity index (χ4n) is 2.92. The number of hydrogen-bond acceptors (Lipinski definition) is 2. The van der Waals surface area contributed by atoms with Crippen molar-refractivity contribution in [1.82, 2.24) is 0 Å². The Morgan fingerprint density at radius 3 is 2.65 bits per heavy atom. The van der Waals surface area contributed by atoms with Crippen molar-refractivity contribution in [3.05, 3.63) is 58.6 Å². The van der Waals surface area contributed by atoms with Crippen LogP contribution in [0.4, 0.5) is 11.4 Å². The van der Waals surface area contributed by atoms with E-state index in [2.05, 4.69) is 5.32 Å². The topological polar surface area (TPSA) is 49.4 Å². The molecule has 0 aliphatic carbocycles. The summed E-state index contributed by atoms with van der Waals surface area (Å²) in [6.45, 7) is 3.41. The van der Waals surface area contributed by atoms with E-state index in [9.17, 15) is 9.59 Å². The highest BCUT2D eigenvalue weighted by atomic mass is 35.5. The first-order valence-electron chi connectivity index (χ1n) is 7.42. The van der Waals surface area contributed by atoms with Crippen LogP contribution < -0.4 is 10.2 Å². The highest BCUT2D eigenvalue weighted by molar-refractivity contribution is 6.33. The molecule has 4 nitrogen and oxygen atoms in total. The lowest BCUT2D eigenvalue weighted by molar-refractivity contribution is -0.122. The smallest absolute Gasteiger partial charge is 0.247 e. The molecule has 2 amide bonds. The van der Waals surface area contributed by atoms with E-state index in [1.54, 1.807) is 17.0 Å². The van der Waals surface area contributed by atoms with Gasteiger partial charge in [0.15, 0.2) is 0 Å². The lowest BCUT2D eigenvalue weighted by Crippen LogP contribution is -2.44. The van der Waals surface area contributed by atoms with Crippen LogP contribution in [0.2, 0.25) is 5.02 Å². The molecule has 1 N–H and O–H groups in total. The molecule has 5 heteroatoms. The maximum absolute atomic E-state index is 12.7. The van der Waals surface area contributed by atoms with Gasteiger partial charge in [-0.25, -0.2) is 0 Å². The summed E-state index contributed by atoms with van der Waals surface area (Å²) in [7, 11) is 0. The van der Waals surface area contributed by atoms with Gasteiger partial charge in [0.2, 0.25) is 11.8 Å². The molecule has 0 spiro atoms. The average molecular weight is 329 g/mol. The van der Waals surface area contributed by atoms with Crippen LogP contribution in [0.5, 0.6) is 0 Å². The second kappa shape index (κ2) is 6.05. The van der Waals surface area contributed by atoms with Gasteiger partial charge in [0.05, 0.1) is 10.7 Å². The molecule has 0 fully saturated rings. The Hall–Kier alpha value is -2.33. The quantitative estimate of drug-likeness (QED) is 0.916. The van der Waals surface area contributed by atoms with Crippen molar-refractivity contribution in [3.63, 3.8) is 0 Å². The number of amides is 2. The predicted molar refractivity (Wildman–Crippen MR) is 91.9 cm³/mol. The molecule has 23 heavy (non-hydrogen) atoms. The molecule has 1 atom stereocenters. The molecule has 1 aliphatic rings. The Labute approximate surface area is 140 Å². The number of nitrogens with one attached hydrogen (secondary N) is 1. The van der Waals surface area contributed by atoms with Crippen molar-refractivity contribution < 1.29 is 9.59 Å². The second-order valence-corrected chi connectivity index (χ2v) is 6.12. The number of rotatable bonds is 2. The maximum atomic E-state index is 12.7. The van der Waals surface area contributed by atoms with E-state index >= 15 is 0 Å². The van der Waals surface area contributed by atoms with Crippen LogP contribution in [0.3, 0.4) is 0 Å². The minimum absolute atomic E-state index is 0.148. The highest BCUT2D eigenvalue weighted by Gasteiger charge is 2.36. The lowest BCUT2D eigenvalue weighted by atomic mass is 10.1. The fraction of sp³-hybridized carbons (Fsp3) is 0.222. The zero-order chi connectivity index (χ0) is 16.6. The minimum atomic E-state index is -0.553. The molecule has 2 aromatic carbocycles. The summed E-state index contributed by atoms with van der Waals surface area (Å²) in [5.74, 6) is -0.382. The van der Waals surface area contributed by atoms with E-state index in [0.29, 0.717) is 17.1 Å². The summed E-state index contributed by atoms with van der Waals surface area (Å²) < 4.78 is 0. The molecule has 0 bridgehead atoms. The van der Waals surface area contributed by atoms with E-state index in [0.717, 1.165) is 16.8 Å². The number of anilines is 2. The summed E-state index contributed by atoms with van der Waals surface area (Å²) in [5, 5.41) is 3.32. The van der Waals surface area contributed by atoms with Gasteiger partial charge in [0.25, 0.3) is 0 Å². The third-order valence-electron chi connectivity index (χ3n) is 4.00. The maximum Gasteiger partial charge on any atom is 0.247 e. The first kappa shape index (κ1) is 15.6. The number of para-hydroxylation sites is 1. The van der Waals surface area contributed by atoms with E-state index in [1.807, 2.05) is 37.3 Å². The highest BCUT2D eigenvalue weighted by Crippen LogP contribution is 2.33. The molecular formula is C18H17ClN2O2. The number of carbonyl (C=O) groups excluding carboxylic acids is 2. The Morgan fingerprint density at radius 1 is 1.22 bits per heavy atom. The van der Waals surface area contributed by atoms with E-state index in [-0.39, 0.29) is 11.8 Å². The number of hydrogen-bond donors (Lipinski definition) is 1. The second-order valence-electron chi connectivity index (χ2n) is 5.71. The number of halogens is 1. The van der Waals surface area contributed by atoms with Crippen LogP contribution in [-0.4, -0.2) is 17.9 Å². The van der Waals surface area contributed by atoms with Crippen LogP contribution in [0.25, 0.3) is 0 Å². The Morgan fingerprint density at radius 2 is 1.96 bits per heavy atom. The monoisotopic (exact) mass is 328 g/mol. The van der Waals surface area contributed by atoms with Crippen molar-refractivity contribution in [3.8, 4) is 0 Å². The number of aryl methyl sites for hydroxylation is 1. The molecule has 0 unspecified atom stereocenters. The third-order valence-corrected chi connectivity index (χ3v) is 4.31. The molecule has 0 aromatic heterocycles. The zero-order valence-corrected chi connectivity index (χ0v) is 13.7. The summed E-state index contributed by atoms with van der Waals surface area (Å²) in [4.78, 5) is 26.2. The summed E-state index contributed by atoms with van der Waals surface area (Å²) in [6, 6.07) is 12.5. The number of carbonyl (C=O) groups is 2.